The highest BCUT2D eigenvalue weighted by molar-refractivity contribution is 5.72. The second-order valence-electron chi connectivity index (χ2n) is 3.62. The van der Waals surface area contributed by atoms with Crippen LogP contribution in [0.3, 0.4) is 0 Å². The molecule has 1 heterocycles. The first-order chi connectivity index (χ1) is 6.77. The van der Waals surface area contributed by atoms with Gasteiger partial charge in [-0.3, -0.25) is 4.79 Å². The van der Waals surface area contributed by atoms with Gasteiger partial charge in [0.25, 0.3) is 0 Å². The van der Waals surface area contributed by atoms with Gasteiger partial charge in [-0.25, -0.2) is 0 Å². The van der Waals surface area contributed by atoms with Crippen molar-refractivity contribution < 1.29 is 14.6 Å². The number of rotatable bonds is 4. The minimum atomic E-state index is -0.0878. The zero-order valence-corrected chi connectivity index (χ0v) is 8.74. The standard InChI is InChI=1S/C10H19NO3/c1-2-14-10(13)9-4-3-5-11(8-9)6-7-12/h9,12H,2-8H2,1H3/t9-/m0/s1. The Balaban J connectivity index is 2.35. The van der Waals surface area contributed by atoms with Crippen LogP contribution < -0.4 is 0 Å². The Morgan fingerprint density at radius 2 is 2.43 bits per heavy atom. The predicted octanol–water partition coefficient (Wildman–Crippen LogP) is 0.254. The van der Waals surface area contributed by atoms with Crippen molar-refractivity contribution in [1.29, 1.82) is 0 Å². The Morgan fingerprint density at radius 3 is 3.07 bits per heavy atom. The smallest absolute Gasteiger partial charge is 0.310 e. The van der Waals surface area contributed by atoms with Crippen LogP contribution in [-0.2, 0) is 9.53 Å². The lowest BCUT2D eigenvalue weighted by molar-refractivity contribution is -0.150. The molecule has 0 saturated carbocycles. The van der Waals surface area contributed by atoms with Gasteiger partial charge in [-0.1, -0.05) is 0 Å². The van der Waals surface area contributed by atoms with Gasteiger partial charge < -0.3 is 14.7 Å². The first-order valence-electron chi connectivity index (χ1n) is 5.27. The van der Waals surface area contributed by atoms with E-state index in [4.69, 9.17) is 9.84 Å². The summed E-state index contributed by atoms with van der Waals surface area (Å²) < 4.78 is 4.98. The molecule has 0 spiro atoms. The maximum absolute atomic E-state index is 11.4. The van der Waals surface area contributed by atoms with Crippen molar-refractivity contribution in [3.63, 3.8) is 0 Å². The summed E-state index contributed by atoms with van der Waals surface area (Å²) in [5.74, 6) is -0.0783. The third-order valence-electron chi connectivity index (χ3n) is 2.54. The fraction of sp³-hybridized carbons (Fsp3) is 0.900. The van der Waals surface area contributed by atoms with Crippen LogP contribution in [0.2, 0.25) is 0 Å². The van der Waals surface area contributed by atoms with Crippen LogP contribution in [0.4, 0.5) is 0 Å². The van der Waals surface area contributed by atoms with E-state index < -0.39 is 0 Å². The molecule has 82 valence electrons. The maximum atomic E-state index is 11.4. The number of aliphatic hydroxyl groups excluding tert-OH is 1. The summed E-state index contributed by atoms with van der Waals surface area (Å²) in [5.41, 5.74) is 0. The summed E-state index contributed by atoms with van der Waals surface area (Å²) >= 11 is 0. The quantitative estimate of drug-likeness (QED) is 0.663. The molecule has 1 fully saturated rings. The lowest BCUT2D eigenvalue weighted by atomic mass is 9.98. The lowest BCUT2D eigenvalue weighted by Gasteiger charge is -2.30. The first kappa shape index (κ1) is 11.5. The van der Waals surface area contributed by atoms with Crippen molar-refractivity contribution >= 4 is 5.97 Å². The highest BCUT2D eigenvalue weighted by atomic mass is 16.5. The molecule has 4 nitrogen and oxygen atoms in total. The molecular formula is C10H19NO3. The summed E-state index contributed by atoms with van der Waals surface area (Å²) in [5, 5.41) is 8.79. The Morgan fingerprint density at radius 1 is 1.64 bits per heavy atom. The van der Waals surface area contributed by atoms with E-state index in [1.165, 1.54) is 0 Å². The van der Waals surface area contributed by atoms with Crippen molar-refractivity contribution in [2.75, 3.05) is 32.8 Å². The molecule has 0 aliphatic carbocycles. The van der Waals surface area contributed by atoms with Crippen molar-refractivity contribution in [1.82, 2.24) is 4.90 Å². The minimum Gasteiger partial charge on any atom is -0.466 e. The van der Waals surface area contributed by atoms with Crippen LogP contribution in [0, 0.1) is 5.92 Å². The van der Waals surface area contributed by atoms with E-state index in [-0.39, 0.29) is 18.5 Å². The Bertz CT molecular complexity index is 182. The second-order valence-corrected chi connectivity index (χ2v) is 3.62. The number of piperidine rings is 1. The number of ether oxygens (including phenoxy) is 1. The van der Waals surface area contributed by atoms with E-state index in [1.54, 1.807) is 0 Å². The van der Waals surface area contributed by atoms with Crippen LogP contribution >= 0.6 is 0 Å². The molecule has 0 aromatic rings. The van der Waals surface area contributed by atoms with E-state index in [9.17, 15) is 4.79 Å². The van der Waals surface area contributed by atoms with Crippen molar-refractivity contribution in [2.45, 2.75) is 19.8 Å². The van der Waals surface area contributed by atoms with Gasteiger partial charge in [-0.15, -0.1) is 0 Å². The number of likely N-dealkylation sites (tertiary alicyclic amines) is 1. The van der Waals surface area contributed by atoms with Crippen molar-refractivity contribution in [3.05, 3.63) is 0 Å². The van der Waals surface area contributed by atoms with Gasteiger partial charge in [-0.2, -0.15) is 0 Å². The van der Waals surface area contributed by atoms with E-state index >= 15 is 0 Å². The Kier molecular flexibility index (Phi) is 4.90. The lowest BCUT2D eigenvalue weighted by Crippen LogP contribution is -2.40. The molecule has 14 heavy (non-hydrogen) atoms. The monoisotopic (exact) mass is 201 g/mol. The van der Waals surface area contributed by atoms with Crippen molar-refractivity contribution in [2.24, 2.45) is 5.92 Å². The van der Waals surface area contributed by atoms with E-state index in [2.05, 4.69) is 4.90 Å². The second kappa shape index (κ2) is 5.98. The summed E-state index contributed by atoms with van der Waals surface area (Å²) in [7, 11) is 0. The molecule has 1 N–H and O–H groups in total. The summed E-state index contributed by atoms with van der Waals surface area (Å²) in [6.07, 6.45) is 1.93. The molecule has 0 radical (unpaired) electrons. The normalized spacial score (nSPS) is 23.4. The van der Waals surface area contributed by atoms with Crippen molar-refractivity contribution in [3.8, 4) is 0 Å². The predicted molar refractivity (Wildman–Crippen MR) is 52.9 cm³/mol. The fourth-order valence-electron chi connectivity index (χ4n) is 1.85. The number of hydrogen-bond acceptors (Lipinski definition) is 4. The molecule has 0 amide bonds. The van der Waals surface area contributed by atoms with Crippen LogP contribution in [0.25, 0.3) is 0 Å². The number of β-amino-alcohol motifs (C(OH)–C–C–N with tert-alkyl or cyclic N) is 1. The maximum Gasteiger partial charge on any atom is 0.310 e. The first-order valence-corrected chi connectivity index (χ1v) is 5.27. The third kappa shape index (κ3) is 3.27. The van der Waals surface area contributed by atoms with Crippen LogP contribution in [0.1, 0.15) is 19.8 Å². The SMILES string of the molecule is CCOC(=O)[C@H]1CCCN(CCO)C1. The van der Waals surface area contributed by atoms with E-state index in [0.29, 0.717) is 13.2 Å². The van der Waals surface area contributed by atoms with Gasteiger partial charge in [0.2, 0.25) is 0 Å². The molecule has 0 aromatic heterocycles. The van der Waals surface area contributed by atoms with Gasteiger partial charge in [0.15, 0.2) is 0 Å². The van der Waals surface area contributed by atoms with Gasteiger partial charge in [0, 0.05) is 13.1 Å². The third-order valence-corrected chi connectivity index (χ3v) is 2.54. The van der Waals surface area contributed by atoms with Gasteiger partial charge in [-0.05, 0) is 26.3 Å². The highest BCUT2D eigenvalue weighted by Gasteiger charge is 2.26. The zero-order valence-electron chi connectivity index (χ0n) is 8.74. The van der Waals surface area contributed by atoms with Crippen LogP contribution in [0.5, 0.6) is 0 Å². The summed E-state index contributed by atoms with van der Waals surface area (Å²) in [6, 6.07) is 0. The average molecular weight is 201 g/mol. The highest BCUT2D eigenvalue weighted by Crippen LogP contribution is 2.17. The number of aliphatic hydroxyl groups is 1. The van der Waals surface area contributed by atoms with E-state index in [1.807, 2.05) is 6.92 Å². The fourth-order valence-corrected chi connectivity index (χ4v) is 1.85. The molecule has 1 rings (SSSR count). The zero-order chi connectivity index (χ0) is 10.4. The molecule has 0 bridgehead atoms. The number of nitrogens with zero attached hydrogens (tertiary/aromatic N) is 1. The molecular weight excluding hydrogens is 182 g/mol. The minimum absolute atomic E-state index is 0.00949. The van der Waals surface area contributed by atoms with Crippen LogP contribution in [0.15, 0.2) is 0 Å². The number of esters is 1. The summed E-state index contributed by atoms with van der Waals surface area (Å²) in [4.78, 5) is 13.6. The Labute approximate surface area is 84.8 Å². The molecule has 1 atom stereocenters. The van der Waals surface area contributed by atoms with Gasteiger partial charge >= 0.3 is 5.97 Å². The van der Waals surface area contributed by atoms with Gasteiger partial charge in [0.1, 0.15) is 0 Å². The molecule has 1 saturated heterocycles. The molecule has 0 unspecified atom stereocenters. The average Bonchev–Trinajstić information content (AvgIpc) is 2.19. The molecule has 1 aliphatic rings. The number of carbonyl (C=O) groups is 1. The molecule has 1 aliphatic heterocycles. The number of hydrogen-bond donors (Lipinski definition) is 1. The topological polar surface area (TPSA) is 49.8 Å². The Hall–Kier alpha value is -0.610. The summed E-state index contributed by atoms with van der Waals surface area (Å²) in [6.45, 7) is 4.82. The largest absolute Gasteiger partial charge is 0.466 e. The van der Waals surface area contributed by atoms with Gasteiger partial charge in [0.05, 0.1) is 19.1 Å². The number of carbonyl (C=O) groups excluding carboxylic acids is 1. The molecule has 0 aromatic carbocycles. The molecule has 4 heteroatoms. The van der Waals surface area contributed by atoms with E-state index in [0.717, 1.165) is 25.9 Å². The van der Waals surface area contributed by atoms with Crippen LogP contribution in [-0.4, -0.2) is 48.8 Å².